The SMILES string of the molecule is COC1CC(OC)NC(c2ccc(N3C[C@H](N(C)C(C)=O)OC3=O)cc2F)C1. The van der Waals surface area contributed by atoms with E-state index in [9.17, 15) is 14.0 Å². The van der Waals surface area contributed by atoms with Crippen molar-refractivity contribution >= 4 is 17.7 Å². The molecule has 154 valence electrons. The minimum Gasteiger partial charge on any atom is -0.423 e. The summed E-state index contributed by atoms with van der Waals surface area (Å²) in [7, 11) is 4.78. The van der Waals surface area contributed by atoms with Gasteiger partial charge in [0.05, 0.1) is 18.3 Å². The Morgan fingerprint density at radius 2 is 2.07 bits per heavy atom. The average Bonchev–Trinajstić information content (AvgIpc) is 3.08. The van der Waals surface area contributed by atoms with Gasteiger partial charge in [0.15, 0.2) is 6.23 Å². The highest BCUT2D eigenvalue weighted by Crippen LogP contribution is 2.32. The van der Waals surface area contributed by atoms with Crippen LogP contribution in [0.5, 0.6) is 0 Å². The summed E-state index contributed by atoms with van der Waals surface area (Å²) >= 11 is 0. The summed E-state index contributed by atoms with van der Waals surface area (Å²) in [6.45, 7) is 1.54. The minimum absolute atomic E-state index is 0.0355. The molecule has 1 N–H and O–H groups in total. The molecule has 2 aliphatic rings. The minimum atomic E-state index is -0.697. The number of methoxy groups -OCH3 is 2. The lowest BCUT2D eigenvalue weighted by atomic mass is 9.94. The number of cyclic esters (lactones) is 1. The number of hydrogen-bond acceptors (Lipinski definition) is 6. The van der Waals surface area contributed by atoms with Gasteiger partial charge in [-0.2, -0.15) is 0 Å². The molecule has 2 heterocycles. The Bertz CT molecular complexity index is 734. The zero-order valence-electron chi connectivity index (χ0n) is 16.5. The largest absolute Gasteiger partial charge is 0.423 e. The van der Waals surface area contributed by atoms with Crippen LogP contribution in [0, 0.1) is 5.82 Å². The Kier molecular flexibility index (Phi) is 6.17. The lowest BCUT2D eigenvalue weighted by Gasteiger charge is -2.35. The van der Waals surface area contributed by atoms with Gasteiger partial charge in [0.2, 0.25) is 5.91 Å². The van der Waals surface area contributed by atoms with Gasteiger partial charge in [0.1, 0.15) is 12.0 Å². The summed E-state index contributed by atoms with van der Waals surface area (Å²) < 4.78 is 30.9. The third kappa shape index (κ3) is 4.11. The van der Waals surface area contributed by atoms with Crippen molar-refractivity contribution in [3.63, 3.8) is 0 Å². The number of hydrogen-bond donors (Lipinski definition) is 1. The molecule has 0 radical (unpaired) electrons. The zero-order valence-corrected chi connectivity index (χ0v) is 16.5. The fourth-order valence-electron chi connectivity index (χ4n) is 3.56. The van der Waals surface area contributed by atoms with Crippen molar-refractivity contribution in [1.29, 1.82) is 0 Å². The summed E-state index contributed by atoms with van der Waals surface area (Å²) in [6.07, 6.45) is -0.263. The first-order valence-corrected chi connectivity index (χ1v) is 9.16. The molecule has 28 heavy (non-hydrogen) atoms. The zero-order chi connectivity index (χ0) is 20.4. The van der Waals surface area contributed by atoms with E-state index in [1.165, 1.54) is 22.8 Å². The Hall–Kier alpha value is -2.23. The molecule has 2 saturated heterocycles. The topological polar surface area (TPSA) is 80.3 Å². The molecule has 0 bridgehead atoms. The second kappa shape index (κ2) is 8.42. The molecule has 0 aromatic heterocycles. The number of benzene rings is 1. The first-order chi connectivity index (χ1) is 13.3. The Morgan fingerprint density at radius 1 is 1.32 bits per heavy atom. The number of amides is 2. The quantitative estimate of drug-likeness (QED) is 0.822. The van der Waals surface area contributed by atoms with Crippen molar-refractivity contribution in [1.82, 2.24) is 10.2 Å². The molecule has 2 amide bonds. The van der Waals surface area contributed by atoms with Crippen molar-refractivity contribution in [2.45, 2.75) is 44.4 Å². The second-order valence-electron chi connectivity index (χ2n) is 7.06. The highest BCUT2D eigenvalue weighted by atomic mass is 19.1. The maximum atomic E-state index is 14.9. The van der Waals surface area contributed by atoms with Gasteiger partial charge in [0, 0.05) is 46.2 Å². The van der Waals surface area contributed by atoms with E-state index in [0.29, 0.717) is 24.1 Å². The maximum absolute atomic E-state index is 14.9. The number of likely N-dealkylation sites (N-methyl/N-ethyl adjacent to an activating group) is 1. The number of carbonyl (C=O) groups is 2. The van der Waals surface area contributed by atoms with Gasteiger partial charge in [-0.25, -0.2) is 9.18 Å². The van der Waals surface area contributed by atoms with Crippen LogP contribution in [-0.4, -0.2) is 63.3 Å². The van der Waals surface area contributed by atoms with E-state index in [-0.39, 0.29) is 30.8 Å². The standard InChI is InChI=1S/C19H26FN3O5/c1-11(24)22(2)18-10-23(19(25)28-18)12-5-6-14(15(20)7-12)16-8-13(26-3)9-17(21-16)27-4/h5-7,13,16-18,21H,8-10H2,1-4H3/t13?,16?,17?,18-/m1/s1. The number of ether oxygens (including phenoxy) is 3. The molecule has 2 fully saturated rings. The van der Waals surface area contributed by atoms with E-state index in [1.54, 1.807) is 33.4 Å². The summed E-state index contributed by atoms with van der Waals surface area (Å²) in [5.41, 5.74) is 0.866. The van der Waals surface area contributed by atoms with Crippen LogP contribution in [0.25, 0.3) is 0 Å². The summed E-state index contributed by atoms with van der Waals surface area (Å²) in [5.74, 6) is -0.650. The smallest absolute Gasteiger partial charge is 0.416 e. The van der Waals surface area contributed by atoms with Gasteiger partial charge < -0.3 is 19.1 Å². The van der Waals surface area contributed by atoms with Crippen LogP contribution < -0.4 is 10.2 Å². The molecule has 0 spiro atoms. The Balaban J connectivity index is 1.77. The highest BCUT2D eigenvalue weighted by Gasteiger charge is 2.36. The molecular formula is C19H26FN3O5. The van der Waals surface area contributed by atoms with Gasteiger partial charge in [-0.05, 0) is 18.6 Å². The van der Waals surface area contributed by atoms with Crippen LogP contribution in [-0.2, 0) is 19.0 Å². The first-order valence-electron chi connectivity index (χ1n) is 9.16. The number of rotatable bonds is 5. The summed E-state index contributed by atoms with van der Waals surface area (Å²) in [6, 6.07) is 4.38. The third-order valence-corrected chi connectivity index (χ3v) is 5.38. The Labute approximate surface area is 163 Å². The van der Waals surface area contributed by atoms with Crippen molar-refractivity contribution in [3.8, 4) is 0 Å². The normalized spacial score (nSPS) is 27.6. The van der Waals surface area contributed by atoms with Crippen molar-refractivity contribution in [3.05, 3.63) is 29.6 Å². The lowest BCUT2D eigenvalue weighted by molar-refractivity contribution is -0.134. The predicted molar refractivity (Wildman–Crippen MR) is 99.2 cm³/mol. The van der Waals surface area contributed by atoms with Crippen molar-refractivity contribution in [2.75, 3.05) is 32.7 Å². The molecule has 0 saturated carbocycles. The fourth-order valence-corrected chi connectivity index (χ4v) is 3.56. The number of nitrogens with zero attached hydrogens (tertiary/aromatic N) is 2. The van der Waals surface area contributed by atoms with Crippen LogP contribution in [0.1, 0.15) is 31.4 Å². The lowest BCUT2D eigenvalue weighted by Crippen LogP contribution is -2.44. The second-order valence-corrected chi connectivity index (χ2v) is 7.06. The molecule has 2 aliphatic heterocycles. The number of anilines is 1. The molecule has 9 heteroatoms. The monoisotopic (exact) mass is 395 g/mol. The van der Waals surface area contributed by atoms with Gasteiger partial charge in [-0.3, -0.25) is 15.0 Å². The van der Waals surface area contributed by atoms with E-state index >= 15 is 0 Å². The molecule has 1 aromatic carbocycles. The number of piperidine rings is 1. The number of carbonyl (C=O) groups excluding carboxylic acids is 2. The van der Waals surface area contributed by atoms with E-state index in [1.807, 2.05) is 0 Å². The Morgan fingerprint density at radius 3 is 2.68 bits per heavy atom. The summed E-state index contributed by atoms with van der Waals surface area (Å²) in [5, 5.41) is 3.27. The molecule has 8 nitrogen and oxygen atoms in total. The van der Waals surface area contributed by atoms with Crippen LogP contribution in [0.15, 0.2) is 18.2 Å². The number of halogens is 1. The molecular weight excluding hydrogens is 369 g/mol. The van der Waals surface area contributed by atoms with E-state index in [0.717, 1.165) is 0 Å². The molecule has 3 rings (SSSR count). The van der Waals surface area contributed by atoms with Gasteiger partial charge in [-0.15, -0.1) is 0 Å². The van der Waals surface area contributed by atoms with Crippen LogP contribution in [0.4, 0.5) is 14.9 Å². The van der Waals surface area contributed by atoms with E-state index in [4.69, 9.17) is 14.2 Å². The average molecular weight is 395 g/mol. The molecule has 3 unspecified atom stereocenters. The van der Waals surface area contributed by atoms with Crippen LogP contribution in [0.3, 0.4) is 0 Å². The first kappa shape index (κ1) is 20.5. The maximum Gasteiger partial charge on any atom is 0.416 e. The highest BCUT2D eigenvalue weighted by molar-refractivity contribution is 5.90. The molecule has 4 atom stereocenters. The third-order valence-electron chi connectivity index (χ3n) is 5.38. The van der Waals surface area contributed by atoms with Crippen molar-refractivity contribution < 1.29 is 28.2 Å². The van der Waals surface area contributed by atoms with Crippen LogP contribution >= 0.6 is 0 Å². The molecule has 1 aromatic rings. The van der Waals surface area contributed by atoms with E-state index < -0.39 is 18.1 Å². The van der Waals surface area contributed by atoms with Gasteiger partial charge in [0.25, 0.3) is 0 Å². The van der Waals surface area contributed by atoms with E-state index in [2.05, 4.69) is 5.32 Å². The number of nitrogens with one attached hydrogen (secondary N) is 1. The van der Waals surface area contributed by atoms with Gasteiger partial charge >= 0.3 is 6.09 Å². The van der Waals surface area contributed by atoms with Crippen molar-refractivity contribution in [2.24, 2.45) is 0 Å². The fraction of sp³-hybridized carbons (Fsp3) is 0.579. The van der Waals surface area contributed by atoms with Crippen LogP contribution in [0.2, 0.25) is 0 Å². The molecule has 0 aliphatic carbocycles. The predicted octanol–water partition coefficient (Wildman–Crippen LogP) is 2.00. The van der Waals surface area contributed by atoms with Gasteiger partial charge in [-0.1, -0.05) is 6.07 Å². The summed E-state index contributed by atoms with van der Waals surface area (Å²) in [4.78, 5) is 26.3.